The van der Waals surface area contributed by atoms with Gasteiger partial charge >= 0.3 is 0 Å². The molecule has 0 saturated carbocycles. The lowest BCUT2D eigenvalue weighted by Crippen LogP contribution is -2.22. The summed E-state index contributed by atoms with van der Waals surface area (Å²) in [7, 11) is 1.58. The molecule has 0 saturated heterocycles. The lowest BCUT2D eigenvalue weighted by molar-refractivity contribution is 0.493. The highest BCUT2D eigenvalue weighted by Crippen LogP contribution is 2.42. The fraction of sp³-hybridized carbons (Fsp3) is 0.667. The van der Waals surface area contributed by atoms with E-state index in [0.717, 1.165) is 5.75 Å². The largest absolute Gasteiger partial charge is 0.549 e. The van der Waals surface area contributed by atoms with E-state index in [1.54, 1.807) is 10.5 Å². The molecule has 0 fully saturated rings. The van der Waals surface area contributed by atoms with Gasteiger partial charge in [-0.2, -0.15) is 0 Å². The van der Waals surface area contributed by atoms with Gasteiger partial charge in [0.05, 0.1) is 0 Å². The third-order valence-electron chi connectivity index (χ3n) is 3.72. The fourth-order valence-electron chi connectivity index (χ4n) is 2.33. The highest BCUT2D eigenvalue weighted by Gasteiger charge is 2.29. The van der Waals surface area contributed by atoms with E-state index in [9.17, 15) is 0 Å². The van der Waals surface area contributed by atoms with Crippen molar-refractivity contribution in [2.45, 2.75) is 78.6 Å². The van der Waals surface area contributed by atoms with Crippen molar-refractivity contribution in [3.63, 3.8) is 0 Å². The van der Waals surface area contributed by atoms with Crippen LogP contribution in [0.1, 0.15) is 79.0 Å². The highest BCUT2D eigenvalue weighted by molar-refractivity contribution is 6.00. The van der Waals surface area contributed by atoms with Crippen LogP contribution in [0.4, 0.5) is 0 Å². The van der Waals surface area contributed by atoms with Crippen LogP contribution in [0.5, 0.6) is 5.75 Å². The Balaban J connectivity index is 3.75. The van der Waals surface area contributed by atoms with Crippen LogP contribution in [0.2, 0.25) is 0 Å². The number of benzene rings is 1. The van der Waals surface area contributed by atoms with E-state index in [2.05, 4.69) is 74.4 Å². The molecule has 0 atom stereocenters. The van der Waals surface area contributed by atoms with E-state index in [1.165, 1.54) is 16.7 Å². The molecule has 0 unspecified atom stereocenters. The number of rotatable bonds is 1. The molecule has 113 valence electrons. The summed E-state index contributed by atoms with van der Waals surface area (Å²) >= 11 is 0. The lowest BCUT2D eigenvalue weighted by atomic mass is 9.75. The third-order valence-corrected chi connectivity index (χ3v) is 4.00. The van der Waals surface area contributed by atoms with Crippen LogP contribution in [-0.4, -0.2) is 10.5 Å². The molecule has 0 heterocycles. The van der Waals surface area contributed by atoms with E-state index < -0.39 is 0 Å². The van der Waals surface area contributed by atoms with Gasteiger partial charge in [0.1, 0.15) is 5.75 Å². The molecule has 1 aromatic rings. The first-order valence-electron chi connectivity index (χ1n) is 7.40. The lowest BCUT2D eigenvalue weighted by Gasteiger charge is -2.32. The van der Waals surface area contributed by atoms with Crippen molar-refractivity contribution in [2.75, 3.05) is 0 Å². The van der Waals surface area contributed by atoms with Crippen molar-refractivity contribution in [2.24, 2.45) is 0 Å². The quantitative estimate of drug-likeness (QED) is 0.692. The number of hydrogen-bond acceptors (Lipinski definition) is 1. The third kappa shape index (κ3) is 3.66. The molecule has 1 radical (unpaired) electrons. The van der Waals surface area contributed by atoms with E-state index in [-0.39, 0.29) is 16.2 Å². The van der Waals surface area contributed by atoms with Crippen LogP contribution in [-0.2, 0) is 16.2 Å². The number of hydrogen-bond donors (Lipinski definition) is 0. The molecule has 0 N–H and O–H groups in total. The Labute approximate surface area is 128 Å². The normalized spacial score (nSPS) is 13.5. The van der Waals surface area contributed by atoms with E-state index >= 15 is 0 Å². The smallest absolute Gasteiger partial charge is 0.243 e. The highest BCUT2D eigenvalue weighted by atomic mass is 28.2. The maximum Gasteiger partial charge on any atom is 0.243 e. The van der Waals surface area contributed by atoms with E-state index in [1.807, 2.05) is 0 Å². The summed E-state index contributed by atoms with van der Waals surface area (Å²) in [5.74, 6) is 1.07. The van der Waals surface area contributed by atoms with Gasteiger partial charge in [0.15, 0.2) is 0 Å². The second-order valence-corrected chi connectivity index (χ2v) is 9.08. The molecular formula is C18H31OSi. The average Bonchev–Trinajstić information content (AvgIpc) is 2.23. The molecule has 20 heavy (non-hydrogen) atoms. The van der Waals surface area contributed by atoms with E-state index in [4.69, 9.17) is 4.43 Å². The van der Waals surface area contributed by atoms with Gasteiger partial charge in [0.2, 0.25) is 10.5 Å². The molecule has 0 bridgehead atoms. The minimum Gasteiger partial charge on any atom is -0.549 e. The van der Waals surface area contributed by atoms with Gasteiger partial charge in [-0.05, 0) is 32.9 Å². The molecule has 0 aromatic heterocycles. The van der Waals surface area contributed by atoms with Crippen molar-refractivity contribution in [3.05, 3.63) is 28.8 Å². The Kier molecular flexibility index (Phi) is 4.51. The van der Waals surface area contributed by atoms with Gasteiger partial charge in [-0.1, -0.05) is 74.4 Å². The Morgan fingerprint density at radius 2 is 1.05 bits per heavy atom. The first kappa shape index (κ1) is 17.3. The van der Waals surface area contributed by atoms with Crippen LogP contribution in [0, 0.1) is 0 Å². The Bertz CT molecular complexity index is 447. The van der Waals surface area contributed by atoms with Crippen LogP contribution < -0.4 is 4.43 Å². The van der Waals surface area contributed by atoms with Gasteiger partial charge in [-0.15, -0.1) is 0 Å². The molecule has 1 aromatic carbocycles. The van der Waals surface area contributed by atoms with Gasteiger partial charge < -0.3 is 4.43 Å². The van der Waals surface area contributed by atoms with Gasteiger partial charge in [-0.3, -0.25) is 0 Å². The van der Waals surface area contributed by atoms with Crippen molar-refractivity contribution >= 4 is 10.5 Å². The van der Waals surface area contributed by atoms with Gasteiger partial charge in [0.25, 0.3) is 0 Å². The molecule has 0 amide bonds. The second-order valence-electron chi connectivity index (χ2n) is 8.79. The molecule has 2 heteroatoms. The predicted molar refractivity (Wildman–Crippen MR) is 91.7 cm³/mol. The second kappa shape index (κ2) is 5.21. The standard InChI is InChI=1S/C18H31OSi/c1-16(2,3)12-10-13(17(4,5)6)15(19-20)14(11-12)18(7,8)9/h10-11H,20H2,1-9H3. The van der Waals surface area contributed by atoms with Crippen LogP contribution in [0.15, 0.2) is 12.1 Å². The van der Waals surface area contributed by atoms with Crippen LogP contribution in [0.25, 0.3) is 0 Å². The summed E-state index contributed by atoms with van der Waals surface area (Å²) in [6.07, 6.45) is 0. The zero-order valence-corrected chi connectivity index (χ0v) is 16.2. The molecule has 0 aliphatic heterocycles. The SMILES string of the molecule is CC(C)(C)c1cc(C(C)(C)C)c(O[SiH2])c(C(C)(C)C)c1. The fourth-order valence-corrected chi connectivity index (χ4v) is 2.64. The summed E-state index contributed by atoms with van der Waals surface area (Å²) in [5, 5.41) is 0. The molecule has 1 rings (SSSR count). The monoisotopic (exact) mass is 291 g/mol. The Morgan fingerprint density at radius 3 is 1.25 bits per heavy atom. The average molecular weight is 292 g/mol. The van der Waals surface area contributed by atoms with Crippen molar-refractivity contribution < 1.29 is 4.43 Å². The molecule has 0 aliphatic rings. The Morgan fingerprint density at radius 1 is 0.700 bits per heavy atom. The molecule has 1 nitrogen and oxygen atoms in total. The van der Waals surface area contributed by atoms with Gasteiger partial charge in [-0.25, -0.2) is 0 Å². The maximum atomic E-state index is 5.82. The molecule has 0 spiro atoms. The van der Waals surface area contributed by atoms with E-state index in [0.29, 0.717) is 0 Å². The van der Waals surface area contributed by atoms with Gasteiger partial charge in [0, 0.05) is 0 Å². The predicted octanol–water partition coefficient (Wildman–Crippen LogP) is 4.51. The summed E-state index contributed by atoms with van der Waals surface area (Å²) in [5.41, 5.74) is 4.31. The zero-order chi connectivity index (χ0) is 15.9. The first-order valence-corrected chi connectivity index (χ1v) is 7.97. The summed E-state index contributed by atoms with van der Waals surface area (Å²) < 4.78 is 5.82. The van der Waals surface area contributed by atoms with Crippen molar-refractivity contribution in [1.82, 2.24) is 0 Å². The summed E-state index contributed by atoms with van der Waals surface area (Å²) in [4.78, 5) is 0. The first-order chi connectivity index (χ1) is 8.78. The zero-order valence-electron chi connectivity index (χ0n) is 14.8. The molecular weight excluding hydrogens is 260 g/mol. The van der Waals surface area contributed by atoms with Crippen LogP contribution >= 0.6 is 0 Å². The molecule has 0 aliphatic carbocycles. The maximum absolute atomic E-state index is 5.82. The topological polar surface area (TPSA) is 9.23 Å². The summed E-state index contributed by atoms with van der Waals surface area (Å²) in [6, 6.07) is 4.66. The Hall–Kier alpha value is -0.763. The minimum atomic E-state index is 0.0804. The van der Waals surface area contributed by atoms with Crippen molar-refractivity contribution in [3.8, 4) is 5.75 Å². The minimum absolute atomic E-state index is 0.0804. The van der Waals surface area contributed by atoms with Crippen molar-refractivity contribution in [1.29, 1.82) is 0 Å². The van der Waals surface area contributed by atoms with Crippen LogP contribution in [0.3, 0.4) is 0 Å². The summed E-state index contributed by atoms with van der Waals surface area (Å²) in [6.45, 7) is 20.4.